The first-order valence-electron chi connectivity index (χ1n) is 6.92. The molecule has 0 saturated heterocycles. The summed E-state index contributed by atoms with van der Waals surface area (Å²) in [4.78, 5) is 0. The Morgan fingerprint density at radius 1 is 1.15 bits per heavy atom. The molecule has 1 aromatic rings. The highest BCUT2D eigenvalue weighted by atomic mass is 16.5. The van der Waals surface area contributed by atoms with Crippen LogP contribution in [0.1, 0.15) is 38.7 Å². The molecule has 0 spiro atoms. The van der Waals surface area contributed by atoms with Gasteiger partial charge in [0.05, 0.1) is 20.3 Å². The zero-order valence-corrected chi connectivity index (χ0v) is 13.1. The van der Waals surface area contributed by atoms with E-state index in [1.54, 1.807) is 14.2 Å². The van der Waals surface area contributed by atoms with Crippen molar-refractivity contribution in [3.63, 3.8) is 0 Å². The van der Waals surface area contributed by atoms with Crippen LogP contribution in [0.2, 0.25) is 0 Å². The summed E-state index contributed by atoms with van der Waals surface area (Å²) in [5.41, 5.74) is 6.89. The highest BCUT2D eigenvalue weighted by molar-refractivity contribution is 5.44. The molecule has 3 N–H and O–H groups in total. The molecule has 0 amide bonds. The van der Waals surface area contributed by atoms with Crippen molar-refractivity contribution in [3.05, 3.63) is 23.8 Å². The molecule has 0 aromatic heterocycles. The van der Waals surface area contributed by atoms with Gasteiger partial charge in [-0.25, -0.2) is 0 Å². The fourth-order valence-electron chi connectivity index (χ4n) is 2.37. The molecule has 0 aliphatic carbocycles. The molecule has 0 radical (unpaired) electrons. The van der Waals surface area contributed by atoms with E-state index in [2.05, 4.69) is 20.8 Å². The van der Waals surface area contributed by atoms with Crippen LogP contribution in [0.4, 0.5) is 0 Å². The Balaban J connectivity index is 3.00. The lowest BCUT2D eigenvalue weighted by atomic mass is 9.82. The van der Waals surface area contributed by atoms with Crippen molar-refractivity contribution in [3.8, 4) is 11.5 Å². The van der Waals surface area contributed by atoms with Crippen LogP contribution in [-0.2, 0) is 0 Å². The van der Waals surface area contributed by atoms with Crippen molar-refractivity contribution in [1.29, 1.82) is 0 Å². The molecule has 4 nitrogen and oxygen atoms in total. The zero-order valence-electron chi connectivity index (χ0n) is 13.1. The number of aliphatic hydroxyl groups is 1. The summed E-state index contributed by atoms with van der Waals surface area (Å²) in [5.74, 6) is 1.23. The lowest BCUT2D eigenvalue weighted by Crippen LogP contribution is -2.29. The van der Waals surface area contributed by atoms with Crippen molar-refractivity contribution >= 4 is 0 Å². The maximum absolute atomic E-state index is 10.4. The minimum atomic E-state index is -0.474. The molecule has 0 aliphatic rings. The molecule has 114 valence electrons. The Morgan fingerprint density at radius 3 is 2.20 bits per heavy atom. The van der Waals surface area contributed by atoms with Crippen LogP contribution in [-0.4, -0.2) is 32.0 Å². The number of methoxy groups -OCH3 is 2. The first kappa shape index (κ1) is 16.8. The molecule has 20 heavy (non-hydrogen) atoms. The van der Waals surface area contributed by atoms with Crippen LogP contribution in [0.15, 0.2) is 18.2 Å². The Morgan fingerprint density at radius 2 is 1.75 bits per heavy atom. The summed E-state index contributed by atoms with van der Waals surface area (Å²) < 4.78 is 10.5. The smallest absolute Gasteiger partial charge is 0.160 e. The van der Waals surface area contributed by atoms with Gasteiger partial charge in [0.15, 0.2) is 11.5 Å². The maximum Gasteiger partial charge on any atom is 0.160 e. The highest BCUT2D eigenvalue weighted by Gasteiger charge is 2.25. The number of aliphatic hydroxyl groups excluding tert-OH is 1. The molecule has 0 saturated carbocycles. The van der Waals surface area contributed by atoms with Crippen molar-refractivity contribution in [2.75, 3.05) is 20.8 Å². The van der Waals surface area contributed by atoms with E-state index in [-0.39, 0.29) is 11.3 Å². The largest absolute Gasteiger partial charge is 0.493 e. The number of nitrogens with two attached hydrogens (primary N) is 1. The normalized spacial score (nSPS) is 14.8. The van der Waals surface area contributed by atoms with E-state index < -0.39 is 6.10 Å². The SMILES string of the molecule is COc1ccc(C(CN)C(O)CC(C)(C)C)cc1OC. The third-order valence-corrected chi connectivity index (χ3v) is 3.38. The Labute approximate surface area is 121 Å². The Bertz CT molecular complexity index is 426. The predicted molar refractivity (Wildman–Crippen MR) is 81.4 cm³/mol. The molecular formula is C16H27NO3. The molecule has 0 bridgehead atoms. The molecule has 0 fully saturated rings. The fraction of sp³-hybridized carbons (Fsp3) is 0.625. The van der Waals surface area contributed by atoms with Gasteiger partial charge >= 0.3 is 0 Å². The fourth-order valence-corrected chi connectivity index (χ4v) is 2.37. The molecule has 0 heterocycles. The number of rotatable bonds is 6. The van der Waals surface area contributed by atoms with Gasteiger partial charge in [-0.1, -0.05) is 26.8 Å². The van der Waals surface area contributed by atoms with Crippen LogP contribution >= 0.6 is 0 Å². The predicted octanol–water partition coefficient (Wildman–Crippen LogP) is 2.54. The maximum atomic E-state index is 10.4. The number of benzene rings is 1. The van der Waals surface area contributed by atoms with Crippen LogP contribution in [0.25, 0.3) is 0 Å². The van der Waals surface area contributed by atoms with Crippen LogP contribution in [0.5, 0.6) is 11.5 Å². The summed E-state index contributed by atoms with van der Waals surface area (Å²) in [5, 5.41) is 10.4. The van der Waals surface area contributed by atoms with Gasteiger partial charge in [0.2, 0.25) is 0 Å². The molecule has 1 aromatic carbocycles. The van der Waals surface area contributed by atoms with E-state index in [0.717, 1.165) is 5.56 Å². The lowest BCUT2D eigenvalue weighted by Gasteiger charge is -2.28. The van der Waals surface area contributed by atoms with Gasteiger partial charge in [-0.2, -0.15) is 0 Å². The second kappa shape index (κ2) is 6.95. The van der Waals surface area contributed by atoms with Crippen molar-refractivity contribution < 1.29 is 14.6 Å². The minimum absolute atomic E-state index is 0.0589. The average molecular weight is 281 g/mol. The Hall–Kier alpha value is -1.26. The van der Waals surface area contributed by atoms with E-state index in [1.807, 2.05) is 18.2 Å². The van der Waals surface area contributed by atoms with Gasteiger partial charge in [0.25, 0.3) is 0 Å². The van der Waals surface area contributed by atoms with E-state index in [1.165, 1.54) is 0 Å². The molecule has 2 atom stereocenters. The van der Waals surface area contributed by atoms with Gasteiger partial charge in [-0.3, -0.25) is 0 Å². The topological polar surface area (TPSA) is 64.7 Å². The monoisotopic (exact) mass is 281 g/mol. The summed E-state index contributed by atoms with van der Waals surface area (Å²) in [6.07, 6.45) is 0.224. The molecule has 4 heteroatoms. The van der Waals surface area contributed by atoms with Gasteiger partial charge < -0.3 is 20.3 Å². The molecule has 2 unspecified atom stereocenters. The van der Waals surface area contributed by atoms with E-state index >= 15 is 0 Å². The van der Waals surface area contributed by atoms with E-state index in [9.17, 15) is 5.11 Å². The molecular weight excluding hydrogens is 254 g/mol. The van der Waals surface area contributed by atoms with Gasteiger partial charge in [-0.15, -0.1) is 0 Å². The van der Waals surface area contributed by atoms with Gasteiger partial charge in [0.1, 0.15) is 0 Å². The summed E-state index contributed by atoms with van der Waals surface area (Å²) >= 11 is 0. The van der Waals surface area contributed by atoms with Crippen LogP contribution in [0.3, 0.4) is 0 Å². The number of ether oxygens (including phenoxy) is 2. The van der Waals surface area contributed by atoms with Crippen LogP contribution < -0.4 is 15.2 Å². The Kier molecular flexibility index (Phi) is 5.84. The number of hydrogen-bond donors (Lipinski definition) is 2. The molecule has 1 rings (SSSR count). The first-order chi connectivity index (χ1) is 9.32. The van der Waals surface area contributed by atoms with Crippen molar-refractivity contribution in [2.24, 2.45) is 11.1 Å². The van der Waals surface area contributed by atoms with Gasteiger partial charge in [-0.05, 0) is 29.5 Å². The molecule has 0 aliphatic heterocycles. The second-order valence-corrected chi connectivity index (χ2v) is 6.29. The van der Waals surface area contributed by atoms with Gasteiger partial charge in [0, 0.05) is 12.5 Å². The highest BCUT2D eigenvalue weighted by Crippen LogP contribution is 2.34. The minimum Gasteiger partial charge on any atom is -0.493 e. The van der Waals surface area contributed by atoms with Crippen LogP contribution in [0, 0.1) is 5.41 Å². The third kappa shape index (κ3) is 4.39. The summed E-state index contributed by atoms with van der Waals surface area (Å²) in [7, 11) is 3.21. The van der Waals surface area contributed by atoms with Crippen molar-refractivity contribution in [1.82, 2.24) is 0 Å². The van der Waals surface area contributed by atoms with E-state index in [4.69, 9.17) is 15.2 Å². The number of hydrogen-bond acceptors (Lipinski definition) is 4. The quantitative estimate of drug-likeness (QED) is 0.841. The van der Waals surface area contributed by atoms with Crippen molar-refractivity contribution in [2.45, 2.75) is 39.2 Å². The average Bonchev–Trinajstić information content (AvgIpc) is 2.37. The standard InChI is InChI=1S/C16H27NO3/c1-16(2,3)9-13(18)12(10-17)11-6-7-14(19-4)15(8-11)20-5/h6-8,12-13,18H,9-10,17H2,1-5H3. The second-order valence-electron chi connectivity index (χ2n) is 6.29. The first-order valence-corrected chi connectivity index (χ1v) is 6.92. The summed E-state index contributed by atoms with van der Waals surface area (Å²) in [6.45, 7) is 6.72. The third-order valence-electron chi connectivity index (χ3n) is 3.38. The lowest BCUT2D eigenvalue weighted by molar-refractivity contribution is 0.0971. The van der Waals surface area contributed by atoms with E-state index in [0.29, 0.717) is 24.5 Å². The zero-order chi connectivity index (χ0) is 15.3. The summed E-state index contributed by atoms with van der Waals surface area (Å²) in [6, 6.07) is 5.67.